The Hall–Kier alpha value is -1.37. The minimum absolute atomic E-state index is 0.0598. The number of hydrogen-bond acceptors (Lipinski definition) is 4. The number of nitrogens with zero attached hydrogens (tertiary/aromatic N) is 1. The third kappa shape index (κ3) is 3.82. The molecule has 20 heavy (non-hydrogen) atoms. The smallest absolute Gasteiger partial charge is 0.133 e. The first kappa shape index (κ1) is 15.0. The lowest BCUT2D eigenvalue weighted by atomic mass is 10.1. The molecule has 0 radical (unpaired) electrons. The van der Waals surface area contributed by atoms with Crippen molar-refractivity contribution in [3.63, 3.8) is 0 Å². The number of aromatic nitrogens is 1. The van der Waals surface area contributed by atoms with Crippen LogP contribution in [0.25, 0.3) is 0 Å². The number of thiazole rings is 1. The maximum atomic E-state index is 13.4. The third-order valence-corrected chi connectivity index (χ3v) is 4.10. The second-order valence-electron chi connectivity index (χ2n) is 4.34. The quantitative estimate of drug-likeness (QED) is 0.658. The molecule has 0 atom stereocenters. The molecule has 2 rings (SSSR count). The van der Waals surface area contributed by atoms with Crippen molar-refractivity contribution in [3.05, 3.63) is 51.2 Å². The molecule has 106 valence electrons. The number of rotatable bonds is 6. The standard InChI is InChI=1S/C14H15FN2OS2/c1-9-13(20-8-17-9)4-5-18-7-10-2-3-12(15)11(6-10)14(16)19/h2-3,6,8H,4-5,7H2,1H3,(H2,16,19). The normalized spacial score (nSPS) is 10.7. The van der Waals surface area contributed by atoms with Crippen molar-refractivity contribution in [3.8, 4) is 0 Å². The number of thiocarbonyl (C=S) groups is 1. The van der Waals surface area contributed by atoms with Gasteiger partial charge in [-0.25, -0.2) is 9.37 Å². The lowest BCUT2D eigenvalue weighted by molar-refractivity contribution is 0.124. The Morgan fingerprint density at radius 2 is 2.30 bits per heavy atom. The Labute approximate surface area is 126 Å². The first-order chi connectivity index (χ1) is 9.58. The van der Waals surface area contributed by atoms with Crippen LogP contribution < -0.4 is 5.73 Å². The first-order valence-corrected chi connectivity index (χ1v) is 7.41. The van der Waals surface area contributed by atoms with Gasteiger partial charge in [-0.2, -0.15) is 0 Å². The van der Waals surface area contributed by atoms with Crippen LogP contribution >= 0.6 is 23.6 Å². The van der Waals surface area contributed by atoms with Crippen LogP contribution in [0.4, 0.5) is 4.39 Å². The molecule has 0 bridgehead atoms. The number of nitrogens with two attached hydrogens (primary N) is 1. The lowest BCUT2D eigenvalue weighted by Gasteiger charge is -2.07. The van der Waals surface area contributed by atoms with Crippen molar-refractivity contribution in [2.75, 3.05) is 6.61 Å². The van der Waals surface area contributed by atoms with E-state index in [1.165, 1.54) is 10.9 Å². The Morgan fingerprint density at radius 3 is 2.95 bits per heavy atom. The minimum Gasteiger partial charge on any atom is -0.389 e. The fraction of sp³-hybridized carbons (Fsp3) is 0.286. The van der Waals surface area contributed by atoms with Crippen LogP contribution in [0.15, 0.2) is 23.7 Å². The molecule has 6 heteroatoms. The molecule has 0 unspecified atom stereocenters. The van der Waals surface area contributed by atoms with Crippen LogP contribution in [-0.2, 0) is 17.8 Å². The van der Waals surface area contributed by atoms with Gasteiger partial charge in [-0.15, -0.1) is 11.3 Å². The highest BCUT2D eigenvalue weighted by atomic mass is 32.1. The van der Waals surface area contributed by atoms with Crippen LogP contribution in [0.2, 0.25) is 0 Å². The maximum Gasteiger partial charge on any atom is 0.133 e. The van der Waals surface area contributed by atoms with E-state index in [9.17, 15) is 4.39 Å². The van der Waals surface area contributed by atoms with Crippen molar-refractivity contribution in [1.29, 1.82) is 0 Å². The number of hydrogen-bond donors (Lipinski definition) is 1. The molecule has 1 heterocycles. The molecule has 0 aliphatic heterocycles. The van der Waals surface area contributed by atoms with Gasteiger partial charge in [-0.05, 0) is 24.6 Å². The Balaban J connectivity index is 1.87. The monoisotopic (exact) mass is 310 g/mol. The fourth-order valence-corrected chi connectivity index (χ4v) is 2.69. The number of halogens is 1. The van der Waals surface area contributed by atoms with Gasteiger partial charge in [0.1, 0.15) is 10.8 Å². The zero-order valence-corrected chi connectivity index (χ0v) is 12.7. The fourth-order valence-electron chi connectivity index (χ4n) is 1.77. The van der Waals surface area contributed by atoms with E-state index >= 15 is 0 Å². The highest BCUT2D eigenvalue weighted by Gasteiger charge is 2.06. The van der Waals surface area contributed by atoms with Gasteiger partial charge in [-0.3, -0.25) is 0 Å². The summed E-state index contributed by atoms with van der Waals surface area (Å²) in [5.74, 6) is -0.401. The summed E-state index contributed by atoms with van der Waals surface area (Å²) in [6.07, 6.45) is 0.833. The largest absolute Gasteiger partial charge is 0.389 e. The summed E-state index contributed by atoms with van der Waals surface area (Å²) in [6.45, 7) is 3.00. The second-order valence-corrected chi connectivity index (χ2v) is 5.72. The zero-order chi connectivity index (χ0) is 14.5. The van der Waals surface area contributed by atoms with E-state index in [1.807, 2.05) is 12.4 Å². The van der Waals surface area contributed by atoms with Crippen molar-refractivity contribution < 1.29 is 9.13 Å². The van der Waals surface area contributed by atoms with E-state index in [1.54, 1.807) is 23.5 Å². The van der Waals surface area contributed by atoms with Gasteiger partial charge in [0.05, 0.1) is 24.4 Å². The van der Waals surface area contributed by atoms with Gasteiger partial charge in [0.25, 0.3) is 0 Å². The van der Waals surface area contributed by atoms with E-state index in [0.717, 1.165) is 17.7 Å². The number of benzene rings is 1. The average Bonchev–Trinajstić information content (AvgIpc) is 2.82. The van der Waals surface area contributed by atoms with Gasteiger partial charge >= 0.3 is 0 Å². The average molecular weight is 310 g/mol. The minimum atomic E-state index is -0.401. The molecule has 1 aromatic carbocycles. The van der Waals surface area contributed by atoms with Crippen molar-refractivity contribution in [1.82, 2.24) is 4.98 Å². The molecule has 0 aliphatic rings. The van der Waals surface area contributed by atoms with E-state index in [0.29, 0.717) is 13.2 Å². The first-order valence-electron chi connectivity index (χ1n) is 6.13. The predicted octanol–water partition coefficient (Wildman–Crippen LogP) is 2.98. The Kier molecular flexibility index (Phi) is 5.17. The summed E-state index contributed by atoms with van der Waals surface area (Å²) in [4.78, 5) is 5.48. The lowest BCUT2D eigenvalue weighted by Crippen LogP contribution is -2.12. The maximum absolute atomic E-state index is 13.4. The van der Waals surface area contributed by atoms with Gasteiger partial charge in [0, 0.05) is 16.9 Å². The molecule has 2 aromatic rings. The number of ether oxygens (including phenoxy) is 1. The van der Waals surface area contributed by atoms with Gasteiger partial charge in [0.15, 0.2) is 0 Å². The molecule has 0 saturated heterocycles. The van der Waals surface area contributed by atoms with Gasteiger partial charge < -0.3 is 10.5 Å². The third-order valence-electron chi connectivity index (χ3n) is 2.88. The SMILES string of the molecule is Cc1ncsc1CCOCc1ccc(F)c(C(N)=S)c1. The highest BCUT2D eigenvalue weighted by molar-refractivity contribution is 7.80. The van der Waals surface area contributed by atoms with Gasteiger partial charge in [-0.1, -0.05) is 18.3 Å². The molecular formula is C14H15FN2OS2. The van der Waals surface area contributed by atoms with E-state index in [-0.39, 0.29) is 10.6 Å². The van der Waals surface area contributed by atoms with Crippen LogP contribution in [0, 0.1) is 12.7 Å². The topological polar surface area (TPSA) is 48.1 Å². The summed E-state index contributed by atoms with van der Waals surface area (Å²) >= 11 is 6.43. The van der Waals surface area contributed by atoms with E-state index < -0.39 is 5.82 Å². The predicted molar refractivity (Wildman–Crippen MR) is 82.5 cm³/mol. The molecule has 0 aliphatic carbocycles. The van der Waals surface area contributed by atoms with E-state index in [2.05, 4.69) is 4.98 Å². The van der Waals surface area contributed by atoms with Crippen molar-refractivity contribution >= 4 is 28.5 Å². The molecule has 3 nitrogen and oxygen atoms in total. The molecular weight excluding hydrogens is 295 g/mol. The second kappa shape index (κ2) is 6.88. The zero-order valence-electron chi connectivity index (χ0n) is 11.1. The summed E-state index contributed by atoms with van der Waals surface area (Å²) in [5, 5.41) is 0. The van der Waals surface area contributed by atoms with Crippen LogP contribution in [-0.4, -0.2) is 16.6 Å². The van der Waals surface area contributed by atoms with Crippen LogP contribution in [0.1, 0.15) is 21.7 Å². The molecule has 0 amide bonds. The molecule has 0 spiro atoms. The number of aryl methyl sites for hydroxylation is 1. The molecule has 2 N–H and O–H groups in total. The molecule has 0 saturated carbocycles. The molecule has 1 aromatic heterocycles. The summed E-state index contributed by atoms with van der Waals surface area (Å²) in [6, 6.07) is 4.67. The van der Waals surface area contributed by atoms with Crippen LogP contribution in [0.3, 0.4) is 0 Å². The Morgan fingerprint density at radius 1 is 1.50 bits per heavy atom. The summed E-state index contributed by atoms with van der Waals surface area (Å²) in [7, 11) is 0. The van der Waals surface area contributed by atoms with Gasteiger partial charge in [0.2, 0.25) is 0 Å². The van der Waals surface area contributed by atoms with Crippen LogP contribution in [0.5, 0.6) is 0 Å². The van der Waals surface area contributed by atoms with Crippen molar-refractivity contribution in [2.24, 2.45) is 5.73 Å². The summed E-state index contributed by atoms with van der Waals surface area (Å²) in [5.41, 5.74) is 9.47. The Bertz CT molecular complexity index is 613. The highest BCUT2D eigenvalue weighted by Crippen LogP contribution is 2.14. The van der Waals surface area contributed by atoms with Crippen molar-refractivity contribution in [2.45, 2.75) is 20.0 Å². The van der Waals surface area contributed by atoms with E-state index in [4.69, 9.17) is 22.7 Å². The summed E-state index contributed by atoms with van der Waals surface area (Å²) < 4.78 is 19.0. The molecule has 0 fully saturated rings.